The molecule has 0 saturated heterocycles. The maximum absolute atomic E-state index is 4.05. The zero-order chi connectivity index (χ0) is 27.8. The molecule has 0 heterocycles. The molecule has 0 aliphatic carbocycles. The molecule has 0 saturated carbocycles. The van der Waals surface area contributed by atoms with Crippen LogP contribution in [0.2, 0.25) is 0 Å². The van der Waals surface area contributed by atoms with Gasteiger partial charge in [0.25, 0.3) is 0 Å². The Balaban J connectivity index is 1.86. The van der Waals surface area contributed by atoms with Gasteiger partial charge >= 0.3 is 0 Å². The highest BCUT2D eigenvalue weighted by Crippen LogP contribution is 2.52. The molecule has 6 aromatic carbocycles. The van der Waals surface area contributed by atoms with Gasteiger partial charge < -0.3 is 0 Å². The second-order valence-electron chi connectivity index (χ2n) is 11.4. The molecular weight excluding hydrogens is 480 g/mol. The number of rotatable bonds is 15. The Hall–Kier alpha value is -3.90. The monoisotopic (exact) mass is 520 g/mol. The van der Waals surface area contributed by atoms with Gasteiger partial charge in [-0.1, -0.05) is 60.7 Å². The van der Waals surface area contributed by atoms with Crippen LogP contribution in [-0.2, 0) is 32.1 Å². The van der Waals surface area contributed by atoms with Crippen molar-refractivity contribution in [1.29, 1.82) is 0 Å². The molecule has 0 aliphatic heterocycles. The average molecular weight is 521 g/mol. The lowest BCUT2D eigenvalue weighted by Gasteiger charge is -2.16. The summed E-state index contributed by atoms with van der Waals surface area (Å²) >= 11 is 0. The topological polar surface area (TPSA) is 0 Å². The van der Waals surface area contributed by atoms with Crippen LogP contribution in [-0.4, -0.2) is 0 Å². The lowest BCUT2D eigenvalue weighted by Crippen LogP contribution is -1.95. The molecule has 0 aliphatic rings. The van der Waals surface area contributed by atoms with Gasteiger partial charge in [-0.15, -0.1) is 32.9 Å². The molecule has 0 aromatic heterocycles. The molecule has 0 nitrogen and oxygen atoms in total. The van der Waals surface area contributed by atoms with Gasteiger partial charge in [0, 0.05) is 0 Å². The van der Waals surface area contributed by atoms with Crippen molar-refractivity contribution in [3.05, 3.63) is 121 Å². The largest absolute Gasteiger partial charge is 0.103 e. The number of hydrogen-bond donors (Lipinski definition) is 0. The van der Waals surface area contributed by atoms with E-state index in [1.54, 1.807) is 0 Å². The molecule has 0 unspecified atom stereocenters. The van der Waals surface area contributed by atoms with Crippen molar-refractivity contribution in [3.63, 3.8) is 0 Å². The molecular formula is C40H40. The molecule has 0 spiro atoms. The first-order valence-electron chi connectivity index (χ1n) is 15.0. The van der Waals surface area contributed by atoms with Crippen LogP contribution in [0.25, 0.3) is 53.9 Å². The summed E-state index contributed by atoms with van der Waals surface area (Å²) in [5.74, 6) is 0. The summed E-state index contributed by atoms with van der Waals surface area (Å²) in [5.41, 5.74) is 7.25. The van der Waals surface area contributed by atoms with Crippen LogP contribution in [0.4, 0.5) is 0 Å². The highest BCUT2D eigenvalue weighted by Gasteiger charge is 2.26. The van der Waals surface area contributed by atoms with Crippen molar-refractivity contribution in [1.82, 2.24) is 0 Å². The molecule has 40 heavy (non-hydrogen) atoms. The molecule has 0 radical (unpaired) electrons. The summed E-state index contributed by atoms with van der Waals surface area (Å²) in [6.07, 6.45) is 20.3. The van der Waals surface area contributed by atoms with E-state index >= 15 is 0 Å². The minimum atomic E-state index is 0.986. The zero-order valence-corrected chi connectivity index (χ0v) is 23.9. The van der Waals surface area contributed by atoms with Crippen LogP contribution in [0.5, 0.6) is 0 Å². The second-order valence-corrected chi connectivity index (χ2v) is 11.4. The predicted molar refractivity (Wildman–Crippen MR) is 180 cm³/mol. The van der Waals surface area contributed by atoms with Gasteiger partial charge in [0.15, 0.2) is 0 Å². The van der Waals surface area contributed by atoms with Crippen molar-refractivity contribution >= 4 is 53.9 Å². The Bertz CT molecular complexity index is 1530. The highest BCUT2D eigenvalue weighted by molar-refractivity contribution is 6.45. The van der Waals surface area contributed by atoms with E-state index < -0.39 is 0 Å². The first kappa shape index (κ1) is 26.3. The molecule has 0 amide bonds. The number of aryl methyl sites for hydroxylation is 5. The van der Waals surface area contributed by atoms with Gasteiger partial charge in [0.05, 0.1) is 0 Å². The third kappa shape index (κ3) is 4.05. The molecule has 6 aromatic rings. The molecule has 0 atom stereocenters. The summed E-state index contributed by atoms with van der Waals surface area (Å²) in [6.45, 7) is 20.2. The molecule has 6 rings (SSSR count). The number of allylic oxidation sites excluding steroid dienone is 5. The van der Waals surface area contributed by atoms with Crippen LogP contribution in [0.3, 0.4) is 0 Å². The van der Waals surface area contributed by atoms with Crippen molar-refractivity contribution in [3.8, 4) is 0 Å². The maximum Gasteiger partial charge on any atom is -0.00108 e. The van der Waals surface area contributed by atoms with Crippen LogP contribution in [0, 0.1) is 0 Å². The predicted octanol–water partition coefficient (Wildman–Crippen LogP) is 11.4. The van der Waals surface area contributed by atoms with E-state index in [-0.39, 0.29) is 0 Å². The van der Waals surface area contributed by atoms with Crippen LogP contribution < -0.4 is 0 Å². The quantitative estimate of drug-likeness (QED) is 0.0933. The highest BCUT2D eigenvalue weighted by atomic mass is 14.3. The fraction of sp³-hybridized carbons (Fsp3) is 0.250. The fourth-order valence-corrected chi connectivity index (χ4v) is 7.18. The van der Waals surface area contributed by atoms with Gasteiger partial charge in [-0.2, -0.15) is 0 Å². The second kappa shape index (κ2) is 10.9. The summed E-state index contributed by atoms with van der Waals surface area (Å²) in [5, 5.41) is 14.6. The maximum atomic E-state index is 4.05. The van der Waals surface area contributed by atoms with E-state index in [2.05, 4.69) is 93.6 Å². The molecule has 200 valence electrons. The molecule has 0 heteroatoms. The molecule has 0 fully saturated rings. The van der Waals surface area contributed by atoms with Gasteiger partial charge in [0.1, 0.15) is 0 Å². The minimum Gasteiger partial charge on any atom is -0.103 e. The van der Waals surface area contributed by atoms with Gasteiger partial charge in [-0.05, 0) is 146 Å². The Morgan fingerprint density at radius 3 is 0.650 bits per heavy atom. The van der Waals surface area contributed by atoms with E-state index in [1.807, 2.05) is 0 Å². The minimum absolute atomic E-state index is 0.986. The SMILES string of the molecule is C=CCCc1cc2c(CCC=C)cc3c(CCC=C)cc4c(CCC=C)cc5c(CCC=C)cc1c1c5c4c3c21. The van der Waals surface area contributed by atoms with Gasteiger partial charge in [-0.3, -0.25) is 0 Å². The van der Waals surface area contributed by atoms with Gasteiger partial charge in [0.2, 0.25) is 0 Å². The third-order valence-corrected chi connectivity index (χ3v) is 9.01. The van der Waals surface area contributed by atoms with E-state index in [0.29, 0.717) is 0 Å². The van der Waals surface area contributed by atoms with E-state index in [9.17, 15) is 0 Å². The van der Waals surface area contributed by atoms with E-state index in [1.165, 1.54) is 81.7 Å². The van der Waals surface area contributed by atoms with Crippen molar-refractivity contribution in [2.24, 2.45) is 0 Å². The summed E-state index contributed by atoms with van der Waals surface area (Å²) in [7, 11) is 0. The first-order chi connectivity index (χ1) is 19.7. The van der Waals surface area contributed by atoms with Crippen molar-refractivity contribution in [2.75, 3.05) is 0 Å². The van der Waals surface area contributed by atoms with E-state index in [4.69, 9.17) is 0 Å². The zero-order valence-electron chi connectivity index (χ0n) is 23.9. The Morgan fingerprint density at radius 2 is 0.500 bits per heavy atom. The van der Waals surface area contributed by atoms with Crippen LogP contribution in [0.15, 0.2) is 93.6 Å². The average Bonchev–Trinajstić information content (AvgIpc) is 3.34. The van der Waals surface area contributed by atoms with Crippen molar-refractivity contribution in [2.45, 2.75) is 64.2 Å². The van der Waals surface area contributed by atoms with Crippen LogP contribution in [0.1, 0.15) is 59.9 Å². The summed E-state index contributed by atoms with van der Waals surface area (Å²) in [6, 6.07) is 12.6. The lowest BCUT2D eigenvalue weighted by molar-refractivity contribution is 1.00. The third-order valence-electron chi connectivity index (χ3n) is 9.01. The standard InChI is InChI=1S/C40H40/c1-6-11-16-26-21-32-28(18-13-8-3)23-34-30(20-15-10-5)25-35-29(19-14-9-4)24-33-27(17-12-7-2)22-31(26)36-37(32)39(34)40(35)38(33)36/h6-10,21-25H,1-5,11-20H2. The number of benzene rings is 5. The Labute approximate surface area is 239 Å². The van der Waals surface area contributed by atoms with Crippen molar-refractivity contribution < 1.29 is 0 Å². The molecule has 0 N–H and O–H groups in total. The van der Waals surface area contributed by atoms with E-state index in [0.717, 1.165) is 64.2 Å². The first-order valence-corrected chi connectivity index (χ1v) is 15.0. The summed E-state index contributed by atoms with van der Waals surface area (Å²) in [4.78, 5) is 0. The fourth-order valence-electron chi connectivity index (χ4n) is 7.18. The number of hydrogen-bond acceptors (Lipinski definition) is 0. The van der Waals surface area contributed by atoms with Gasteiger partial charge in [-0.25, -0.2) is 0 Å². The molecule has 0 bridgehead atoms. The Kier molecular flexibility index (Phi) is 7.20. The normalized spacial score (nSPS) is 12.0. The summed E-state index contributed by atoms with van der Waals surface area (Å²) < 4.78 is 0. The smallest absolute Gasteiger partial charge is 0.00108 e. The Morgan fingerprint density at radius 1 is 0.325 bits per heavy atom. The van der Waals surface area contributed by atoms with Crippen LogP contribution >= 0.6 is 0 Å². The lowest BCUT2D eigenvalue weighted by atomic mass is 9.88.